The fraction of sp³-hybridized carbons (Fsp3) is 1.00. The van der Waals surface area contributed by atoms with Crippen LogP contribution in [-0.2, 0) is 4.74 Å². The van der Waals surface area contributed by atoms with Gasteiger partial charge in [0.1, 0.15) is 0 Å². The molecule has 1 atom stereocenters. The number of likely N-dealkylation sites (N-methyl/N-ethyl adjacent to an activating group) is 1. The zero-order valence-corrected chi connectivity index (χ0v) is 9.01. The molecule has 0 heterocycles. The SMILES string of the molecule is CNCC(C)OC1CCCCCC1. The minimum Gasteiger partial charge on any atom is -0.374 e. The molecule has 0 aromatic carbocycles. The van der Waals surface area contributed by atoms with Gasteiger partial charge < -0.3 is 10.1 Å². The van der Waals surface area contributed by atoms with Crippen LogP contribution >= 0.6 is 0 Å². The minimum absolute atomic E-state index is 0.369. The molecule has 1 unspecified atom stereocenters. The van der Waals surface area contributed by atoms with Crippen molar-refractivity contribution in [2.24, 2.45) is 0 Å². The maximum atomic E-state index is 5.95. The van der Waals surface area contributed by atoms with Crippen molar-refractivity contribution >= 4 is 0 Å². The highest BCUT2D eigenvalue weighted by Gasteiger charge is 2.14. The van der Waals surface area contributed by atoms with Gasteiger partial charge in [0.2, 0.25) is 0 Å². The van der Waals surface area contributed by atoms with Crippen molar-refractivity contribution in [1.29, 1.82) is 0 Å². The zero-order valence-electron chi connectivity index (χ0n) is 9.01. The molecule has 0 spiro atoms. The summed E-state index contributed by atoms with van der Waals surface area (Å²) in [7, 11) is 1.98. The second-order valence-electron chi connectivity index (χ2n) is 4.12. The summed E-state index contributed by atoms with van der Waals surface area (Å²) in [5.41, 5.74) is 0. The van der Waals surface area contributed by atoms with Crippen LogP contribution in [0.15, 0.2) is 0 Å². The molecule has 0 bridgehead atoms. The molecule has 1 fully saturated rings. The molecule has 0 radical (unpaired) electrons. The summed E-state index contributed by atoms with van der Waals surface area (Å²) in [4.78, 5) is 0. The van der Waals surface area contributed by atoms with E-state index in [1.165, 1.54) is 38.5 Å². The summed E-state index contributed by atoms with van der Waals surface area (Å²) in [6, 6.07) is 0. The molecular formula is C11H23NO. The third-order valence-corrected chi connectivity index (χ3v) is 2.72. The van der Waals surface area contributed by atoms with E-state index in [2.05, 4.69) is 12.2 Å². The standard InChI is InChI=1S/C11H23NO/c1-10(9-12-2)13-11-7-5-3-4-6-8-11/h10-12H,3-9H2,1-2H3. The van der Waals surface area contributed by atoms with Crippen molar-refractivity contribution in [2.45, 2.75) is 57.7 Å². The Kier molecular flexibility index (Phi) is 5.40. The molecule has 2 heteroatoms. The van der Waals surface area contributed by atoms with E-state index in [4.69, 9.17) is 4.74 Å². The smallest absolute Gasteiger partial charge is 0.0674 e. The van der Waals surface area contributed by atoms with Gasteiger partial charge in [0.25, 0.3) is 0 Å². The molecule has 1 N–H and O–H groups in total. The Labute approximate surface area is 82.0 Å². The number of hydrogen-bond acceptors (Lipinski definition) is 2. The Morgan fingerprint density at radius 2 is 1.85 bits per heavy atom. The van der Waals surface area contributed by atoms with E-state index in [9.17, 15) is 0 Å². The molecule has 1 aliphatic carbocycles. The molecule has 1 rings (SSSR count). The largest absolute Gasteiger partial charge is 0.374 e. The highest BCUT2D eigenvalue weighted by atomic mass is 16.5. The zero-order chi connectivity index (χ0) is 9.52. The van der Waals surface area contributed by atoms with Crippen LogP contribution in [0.5, 0.6) is 0 Å². The molecule has 1 aliphatic rings. The molecule has 78 valence electrons. The van der Waals surface area contributed by atoms with Crippen LogP contribution in [0, 0.1) is 0 Å². The number of hydrogen-bond donors (Lipinski definition) is 1. The van der Waals surface area contributed by atoms with E-state index < -0.39 is 0 Å². The molecular weight excluding hydrogens is 162 g/mol. The first-order valence-electron chi connectivity index (χ1n) is 5.63. The van der Waals surface area contributed by atoms with Gasteiger partial charge in [-0.1, -0.05) is 25.7 Å². The molecule has 0 amide bonds. The van der Waals surface area contributed by atoms with Crippen LogP contribution in [0.1, 0.15) is 45.4 Å². The third-order valence-electron chi connectivity index (χ3n) is 2.72. The molecule has 0 aliphatic heterocycles. The summed E-state index contributed by atoms with van der Waals surface area (Å²) in [5, 5.41) is 3.15. The van der Waals surface area contributed by atoms with Gasteiger partial charge in [0.15, 0.2) is 0 Å². The van der Waals surface area contributed by atoms with E-state index >= 15 is 0 Å². The second-order valence-corrected chi connectivity index (χ2v) is 4.12. The van der Waals surface area contributed by atoms with Gasteiger partial charge >= 0.3 is 0 Å². The number of rotatable bonds is 4. The first kappa shape index (κ1) is 11.0. The topological polar surface area (TPSA) is 21.3 Å². The summed E-state index contributed by atoms with van der Waals surface area (Å²) in [6.07, 6.45) is 8.97. The average molecular weight is 185 g/mol. The van der Waals surface area contributed by atoms with Crippen molar-refractivity contribution in [3.63, 3.8) is 0 Å². The normalized spacial score (nSPS) is 22.6. The van der Waals surface area contributed by atoms with Gasteiger partial charge in [-0.2, -0.15) is 0 Å². The van der Waals surface area contributed by atoms with Crippen molar-refractivity contribution in [3.8, 4) is 0 Å². The van der Waals surface area contributed by atoms with E-state index in [0.717, 1.165) is 6.54 Å². The Bertz CT molecular complexity index is 119. The molecule has 0 saturated heterocycles. The summed E-state index contributed by atoms with van der Waals surface area (Å²) in [6.45, 7) is 3.12. The van der Waals surface area contributed by atoms with Crippen LogP contribution in [0.25, 0.3) is 0 Å². The minimum atomic E-state index is 0.369. The average Bonchev–Trinajstić information content (AvgIpc) is 2.33. The second kappa shape index (κ2) is 6.39. The molecule has 1 saturated carbocycles. The maximum Gasteiger partial charge on any atom is 0.0674 e. The van der Waals surface area contributed by atoms with Crippen molar-refractivity contribution in [2.75, 3.05) is 13.6 Å². The Balaban J connectivity index is 2.17. The van der Waals surface area contributed by atoms with E-state index in [0.29, 0.717) is 12.2 Å². The van der Waals surface area contributed by atoms with Gasteiger partial charge in [-0.05, 0) is 26.8 Å². The quantitative estimate of drug-likeness (QED) is 0.679. The van der Waals surface area contributed by atoms with Gasteiger partial charge in [-0.3, -0.25) is 0 Å². The first-order chi connectivity index (χ1) is 6.33. The highest BCUT2D eigenvalue weighted by Crippen LogP contribution is 2.20. The molecule has 13 heavy (non-hydrogen) atoms. The van der Waals surface area contributed by atoms with E-state index in [-0.39, 0.29) is 0 Å². The van der Waals surface area contributed by atoms with Crippen molar-refractivity contribution in [1.82, 2.24) is 5.32 Å². The predicted octanol–water partition coefficient (Wildman–Crippen LogP) is 2.33. The fourth-order valence-electron chi connectivity index (χ4n) is 2.04. The van der Waals surface area contributed by atoms with Crippen LogP contribution in [-0.4, -0.2) is 25.8 Å². The van der Waals surface area contributed by atoms with Gasteiger partial charge in [-0.15, -0.1) is 0 Å². The van der Waals surface area contributed by atoms with Crippen LogP contribution in [0.2, 0.25) is 0 Å². The Hall–Kier alpha value is -0.0800. The van der Waals surface area contributed by atoms with E-state index in [1.54, 1.807) is 0 Å². The summed E-state index contributed by atoms with van der Waals surface area (Å²) in [5.74, 6) is 0. The lowest BCUT2D eigenvalue weighted by Gasteiger charge is -2.20. The molecule has 0 aromatic rings. The van der Waals surface area contributed by atoms with Crippen LogP contribution in [0.4, 0.5) is 0 Å². The van der Waals surface area contributed by atoms with Crippen LogP contribution in [0.3, 0.4) is 0 Å². The maximum absolute atomic E-state index is 5.95. The first-order valence-corrected chi connectivity index (χ1v) is 5.63. The number of ether oxygens (including phenoxy) is 1. The molecule has 2 nitrogen and oxygen atoms in total. The van der Waals surface area contributed by atoms with Gasteiger partial charge in [-0.25, -0.2) is 0 Å². The van der Waals surface area contributed by atoms with Crippen molar-refractivity contribution in [3.05, 3.63) is 0 Å². The fourth-order valence-corrected chi connectivity index (χ4v) is 2.04. The Morgan fingerprint density at radius 1 is 1.23 bits per heavy atom. The summed E-state index contributed by atoms with van der Waals surface area (Å²) < 4.78 is 5.95. The van der Waals surface area contributed by atoms with E-state index in [1.807, 2.05) is 7.05 Å². The lowest BCUT2D eigenvalue weighted by molar-refractivity contribution is -0.00789. The number of nitrogens with one attached hydrogen (secondary N) is 1. The van der Waals surface area contributed by atoms with Gasteiger partial charge in [0, 0.05) is 6.54 Å². The van der Waals surface area contributed by atoms with Gasteiger partial charge in [0.05, 0.1) is 12.2 Å². The van der Waals surface area contributed by atoms with Crippen LogP contribution < -0.4 is 5.32 Å². The monoisotopic (exact) mass is 185 g/mol. The lowest BCUT2D eigenvalue weighted by atomic mass is 10.1. The van der Waals surface area contributed by atoms with Crippen molar-refractivity contribution < 1.29 is 4.74 Å². The summed E-state index contributed by atoms with van der Waals surface area (Å²) >= 11 is 0. The lowest BCUT2D eigenvalue weighted by Crippen LogP contribution is -2.28. The highest BCUT2D eigenvalue weighted by molar-refractivity contribution is 4.66. The molecule has 0 aromatic heterocycles. The Morgan fingerprint density at radius 3 is 2.38 bits per heavy atom. The third kappa shape index (κ3) is 4.63. The predicted molar refractivity (Wildman–Crippen MR) is 56.0 cm³/mol.